The summed E-state index contributed by atoms with van der Waals surface area (Å²) < 4.78 is 15.1. The van der Waals surface area contributed by atoms with Crippen molar-refractivity contribution < 1.29 is 14.0 Å². The van der Waals surface area contributed by atoms with E-state index in [-0.39, 0.29) is 17.6 Å². The van der Waals surface area contributed by atoms with Crippen LogP contribution in [0.25, 0.3) is 5.69 Å². The first-order valence-corrected chi connectivity index (χ1v) is 11.2. The molecule has 0 spiro atoms. The molecule has 5 rings (SSSR count). The molecule has 3 aromatic rings. The average molecular weight is 453 g/mol. The number of anilines is 2. The van der Waals surface area contributed by atoms with Crippen molar-refractivity contribution in [3.05, 3.63) is 70.3 Å². The number of halogens is 2. The highest BCUT2D eigenvalue weighted by Crippen LogP contribution is 2.32. The van der Waals surface area contributed by atoms with Crippen LogP contribution >= 0.6 is 11.6 Å². The van der Waals surface area contributed by atoms with Crippen LogP contribution in [-0.2, 0) is 17.6 Å². The molecule has 164 valence electrons. The maximum Gasteiger partial charge on any atom is 0.276 e. The summed E-state index contributed by atoms with van der Waals surface area (Å²) in [5.41, 5.74) is 4.12. The third-order valence-electron chi connectivity index (χ3n) is 6.05. The third-order valence-corrected chi connectivity index (χ3v) is 6.38. The van der Waals surface area contributed by atoms with E-state index >= 15 is 0 Å². The molecule has 8 heteroatoms. The molecule has 1 aliphatic carbocycles. The van der Waals surface area contributed by atoms with Crippen LogP contribution < -0.4 is 10.2 Å². The lowest BCUT2D eigenvalue weighted by atomic mass is 9.95. The Kier molecular flexibility index (Phi) is 5.43. The highest BCUT2D eigenvalue weighted by atomic mass is 35.5. The smallest absolute Gasteiger partial charge is 0.276 e. The van der Waals surface area contributed by atoms with Crippen molar-refractivity contribution in [3.63, 3.8) is 0 Å². The molecule has 0 atom stereocenters. The van der Waals surface area contributed by atoms with Gasteiger partial charge in [-0.1, -0.05) is 11.6 Å². The minimum Gasteiger partial charge on any atom is -0.319 e. The SMILES string of the molecule is O=C(Nc1cc(N2CCCC2=O)ccc1Cl)c1nn(-c2ccc(F)cc2)c2c1CCCC2. The van der Waals surface area contributed by atoms with Crippen molar-refractivity contribution in [1.82, 2.24) is 9.78 Å². The Hall–Kier alpha value is -3.19. The minimum absolute atomic E-state index is 0.0664. The molecular formula is C24H22ClFN4O2. The lowest BCUT2D eigenvalue weighted by molar-refractivity contribution is -0.117. The van der Waals surface area contributed by atoms with E-state index in [0.29, 0.717) is 35.1 Å². The number of hydrogen-bond acceptors (Lipinski definition) is 3. The summed E-state index contributed by atoms with van der Waals surface area (Å²) in [5.74, 6) is -0.605. The van der Waals surface area contributed by atoms with E-state index in [1.807, 2.05) is 0 Å². The number of carbonyl (C=O) groups is 2. The second-order valence-corrected chi connectivity index (χ2v) is 8.54. The maximum atomic E-state index is 13.4. The maximum absolute atomic E-state index is 13.4. The molecule has 2 aromatic carbocycles. The van der Waals surface area contributed by atoms with Gasteiger partial charge < -0.3 is 10.2 Å². The van der Waals surface area contributed by atoms with E-state index in [1.165, 1.54) is 12.1 Å². The molecule has 1 N–H and O–H groups in total. The molecule has 0 unspecified atom stereocenters. The Balaban J connectivity index is 1.47. The van der Waals surface area contributed by atoms with E-state index in [9.17, 15) is 14.0 Å². The van der Waals surface area contributed by atoms with Gasteiger partial charge in [0.1, 0.15) is 5.82 Å². The normalized spacial score (nSPS) is 15.7. The molecule has 1 aliphatic heterocycles. The highest BCUT2D eigenvalue weighted by molar-refractivity contribution is 6.34. The molecule has 1 aromatic heterocycles. The van der Waals surface area contributed by atoms with Gasteiger partial charge in [-0.2, -0.15) is 5.10 Å². The number of carbonyl (C=O) groups excluding carboxylic acids is 2. The summed E-state index contributed by atoms with van der Waals surface area (Å²) in [7, 11) is 0. The van der Waals surface area contributed by atoms with Crippen molar-refractivity contribution >= 4 is 34.8 Å². The van der Waals surface area contributed by atoms with Gasteiger partial charge in [0.05, 0.1) is 16.4 Å². The van der Waals surface area contributed by atoms with Crippen molar-refractivity contribution in [3.8, 4) is 5.69 Å². The first-order valence-electron chi connectivity index (χ1n) is 10.8. The quantitative estimate of drug-likeness (QED) is 0.610. The van der Waals surface area contributed by atoms with Crippen LogP contribution in [0.4, 0.5) is 15.8 Å². The van der Waals surface area contributed by atoms with Crippen LogP contribution in [0.2, 0.25) is 5.02 Å². The van der Waals surface area contributed by atoms with Crippen LogP contribution in [0, 0.1) is 5.82 Å². The number of nitrogens with zero attached hydrogens (tertiary/aromatic N) is 3. The largest absolute Gasteiger partial charge is 0.319 e. The van der Waals surface area contributed by atoms with Gasteiger partial charge in [-0.3, -0.25) is 9.59 Å². The van der Waals surface area contributed by atoms with E-state index in [4.69, 9.17) is 11.6 Å². The topological polar surface area (TPSA) is 67.2 Å². The van der Waals surface area contributed by atoms with Gasteiger partial charge in [0, 0.05) is 29.9 Å². The highest BCUT2D eigenvalue weighted by Gasteiger charge is 2.27. The molecular weight excluding hydrogens is 431 g/mol. The van der Waals surface area contributed by atoms with Crippen molar-refractivity contribution in [2.45, 2.75) is 38.5 Å². The van der Waals surface area contributed by atoms with Crippen LogP contribution in [0.1, 0.15) is 47.4 Å². The van der Waals surface area contributed by atoms with E-state index in [2.05, 4.69) is 10.4 Å². The Labute approximate surface area is 190 Å². The number of benzene rings is 2. The molecule has 1 saturated heterocycles. The second kappa shape index (κ2) is 8.39. The summed E-state index contributed by atoms with van der Waals surface area (Å²) >= 11 is 6.35. The van der Waals surface area contributed by atoms with Crippen molar-refractivity contribution in [1.29, 1.82) is 0 Å². The van der Waals surface area contributed by atoms with Crippen molar-refractivity contribution in [2.24, 2.45) is 0 Å². The Bertz CT molecular complexity index is 1210. The summed E-state index contributed by atoms with van der Waals surface area (Å²) in [4.78, 5) is 27.1. The van der Waals surface area contributed by atoms with Gasteiger partial charge >= 0.3 is 0 Å². The number of fused-ring (bicyclic) bond motifs is 1. The van der Waals surface area contributed by atoms with Gasteiger partial charge in [0.25, 0.3) is 5.91 Å². The lowest BCUT2D eigenvalue weighted by Crippen LogP contribution is -2.24. The minimum atomic E-state index is -0.351. The fraction of sp³-hybridized carbons (Fsp3) is 0.292. The van der Waals surface area contributed by atoms with E-state index in [0.717, 1.165) is 49.0 Å². The molecule has 32 heavy (non-hydrogen) atoms. The number of amides is 2. The Morgan fingerprint density at radius 1 is 1.00 bits per heavy atom. The molecule has 6 nitrogen and oxygen atoms in total. The number of hydrogen-bond donors (Lipinski definition) is 1. The van der Waals surface area contributed by atoms with Gasteiger partial charge in [-0.05, 0) is 74.6 Å². The summed E-state index contributed by atoms with van der Waals surface area (Å²) in [6.45, 7) is 0.656. The second-order valence-electron chi connectivity index (χ2n) is 8.14. The van der Waals surface area contributed by atoms with Crippen molar-refractivity contribution in [2.75, 3.05) is 16.8 Å². The molecule has 0 saturated carbocycles. The number of rotatable bonds is 4. The van der Waals surface area contributed by atoms with Gasteiger partial charge in [-0.25, -0.2) is 9.07 Å². The molecule has 2 heterocycles. The zero-order valence-electron chi connectivity index (χ0n) is 17.4. The Morgan fingerprint density at radius 2 is 1.75 bits per heavy atom. The first-order chi connectivity index (χ1) is 15.5. The van der Waals surface area contributed by atoms with Crippen LogP contribution in [0.15, 0.2) is 42.5 Å². The predicted octanol–water partition coefficient (Wildman–Crippen LogP) is 4.92. The summed E-state index contributed by atoms with van der Waals surface area (Å²) in [6, 6.07) is 11.3. The van der Waals surface area contributed by atoms with Crippen LogP contribution in [-0.4, -0.2) is 28.1 Å². The number of aromatic nitrogens is 2. The third kappa shape index (κ3) is 3.77. The molecule has 2 aliphatic rings. The molecule has 0 bridgehead atoms. The van der Waals surface area contributed by atoms with Crippen LogP contribution in [0.3, 0.4) is 0 Å². The summed E-state index contributed by atoms with van der Waals surface area (Å²) in [6.07, 6.45) is 4.90. The molecule has 2 amide bonds. The zero-order chi connectivity index (χ0) is 22.2. The van der Waals surface area contributed by atoms with E-state index in [1.54, 1.807) is 39.9 Å². The van der Waals surface area contributed by atoms with Gasteiger partial charge in [0.2, 0.25) is 5.91 Å². The van der Waals surface area contributed by atoms with Gasteiger partial charge in [-0.15, -0.1) is 0 Å². The molecule has 1 fully saturated rings. The zero-order valence-corrected chi connectivity index (χ0v) is 18.2. The lowest BCUT2D eigenvalue weighted by Gasteiger charge is -2.17. The standard InChI is InChI=1S/C24H22ClFN4O2/c25-19-12-11-17(29-13-3-6-22(29)31)14-20(19)27-24(32)23-18-4-1-2-5-21(18)30(28-23)16-9-7-15(26)8-10-16/h7-12,14H,1-6,13H2,(H,27,32). The van der Waals surface area contributed by atoms with E-state index < -0.39 is 0 Å². The fourth-order valence-electron chi connectivity index (χ4n) is 4.46. The predicted molar refractivity (Wildman–Crippen MR) is 121 cm³/mol. The van der Waals surface area contributed by atoms with Crippen LogP contribution in [0.5, 0.6) is 0 Å². The summed E-state index contributed by atoms with van der Waals surface area (Å²) in [5, 5.41) is 7.88. The molecule has 0 radical (unpaired) electrons. The Morgan fingerprint density at radius 3 is 2.50 bits per heavy atom. The van der Waals surface area contributed by atoms with Gasteiger partial charge in [0.15, 0.2) is 5.69 Å². The fourth-order valence-corrected chi connectivity index (χ4v) is 4.62. The average Bonchev–Trinajstić information content (AvgIpc) is 3.40. The monoisotopic (exact) mass is 452 g/mol. The number of nitrogens with one attached hydrogen (secondary N) is 1. The first kappa shape index (κ1) is 20.7.